The van der Waals surface area contributed by atoms with Gasteiger partial charge >= 0.3 is 78.9 Å². The first kappa shape index (κ1) is 27.2. The Morgan fingerprint density at radius 1 is 0.591 bits per heavy atom. The van der Waals surface area contributed by atoms with E-state index in [1.807, 2.05) is 0 Å². The van der Waals surface area contributed by atoms with Crippen LogP contribution in [0, 0.1) is 49.4 Å². The van der Waals surface area contributed by atoms with Gasteiger partial charge in [-0.3, -0.25) is 9.80 Å². The smallest absolute Gasteiger partial charge is 0.549 e. The Kier molecular flexibility index (Phi) is 18.5. The molecule has 12 heteroatoms. The summed E-state index contributed by atoms with van der Waals surface area (Å²) in [4.78, 5) is 43.4. The molecule has 0 unspecified atom stereocenters. The fraction of sp³-hybridized carbons (Fsp3) is 0.600. The van der Waals surface area contributed by atoms with Crippen molar-refractivity contribution in [2.24, 2.45) is 0 Å². The van der Waals surface area contributed by atoms with Crippen LogP contribution in [0.1, 0.15) is 0 Å². The Labute approximate surface area is 189 Å². The standard InChI is InChI=1S/C10H16N2O8.Eu.Na/c13-7(14)3-11(4-8(15)16)1-2-12(5-9(17)18)6-10(19)20;;/h1-6H2,(H,13,14)(H,15,16)(H,17,18)(H,19,20);;/q;+3;+1/p-4. The largest absolute Gasteiger partial charge is 3.00 e. The van der Waals surface area contributed by atoms with Crippen LogP contribution in [-0.2, 0) is 19.2 Å². The minimum atomic E-state index is -1.53. The summed E-state index contributed by atoms with van der Waals surface area (Å²) < 4.78 is 0. The van der Waals surface area contributed by atoms with E-state index in [0.29, 0.717) is 0 Å². The number of rotatable bonds is 11. The van der Waals surface area contributed by atoms with Gasteiger partial charge in [0, 0.05) is 39.3 Å². The summed E-state index contributed by atoms with van der Waals surface area (Å²) >= 11 is 0. The molecule has 22 heavy (non-hydrogen) atoms. The number of aliphatic carboxylic acids is 4. The molecule has 0 saturated heterocycles. The third-order valence-electron chi connectivity index (χ3n) is 2.14. The van der Waals surface area contributed by atoms with Crippen molar-refractivity contribution in [3.8, 4) is 0 Å². The first-order valence-electron chi connectivity index (χ1n) is 5.44. The second kappa shape index (κ2) is 14.9. The van der Waals surface area contributed by atoms with Crippen LogP contribution >= 0.6 is 0 Å². The van der Waals surface area contributed by atoms with E-state index in [4.69, 9.17) is 0 Å². The van der Waals surface area contributed by atoms with Gasteiger partial charge < -0.3 is 39.6 Å². The summed E-state index contributed by atoms with van der Waals surface area (Å²) in [5.41, 5.74) is 0. The molecule has 0 rings (SSSR count). The maximum absolute atomic E-state index is 10.4. The number of carbonyl (C=O) groups excluding carboxylic acids is 4. The summed E-state index contributed by atoms with van der Waals surface area (Å²) in [6.45, 7) is -3.25. The number of hydrogen-bond acceptors (Lipinski definition) is 10. The molecular weight excluding hydrogens is 451 g/mol. The topological polar surface area (TPSA) is 167 Å². The van der Waals surface area contributed by atoms with E-state index in [9.17, 15) is 39.6 Å². The Morgan fingerprint density at radius 3 is 0.909 bits per heavy atom. The normalized spacial score (nSPS) is 9.73. The van der Waals surface area contributed by atoms with Crippen LogP contribution in [0.4, 0.5) is 0 Å². The van der Waals surface area contributed by atoms with E-state index in [1.165, 1.54) is 0 Å². The molecule has 0 radical (unpaired) electrons. The maximum atomic E-state index is 10.4. The molecular formula is C10H12EuN2NaO8. The minimum Gasteiger partial charge on any atom is -0.549 e. The summed E-state index contributed by atoms with van der Waals surface area (Å²) in [6.07, 6.45) is 0. The number of carboxylic acid groups (broad SMARTS) is 4. The molecule has 0 aliphatic carbocycles. The molecule has 0 fully saturated rings. The molecule has 0 saturated carbocycles. The summed E-state index contributed by atoms with van der Waals surface area (Å²) in [5, 5.41) is 41.6. The van der Waals surface area contributed by atoms with E-state index in [1.54, 1.807) is 0 Å². The number of carboxylic acids is 4. The van der Waals surface area contributed by atoms with Crippen molar-refractivity contribution < 1.29 is 119 Å². The van der Waals surface area contributed by atoms with Gasteiger partial charge in [-0.05, 0) is 0 Å². The van der Waals surface area contributed by atoms with Crippen molar-refractivity contribution in [1.82, 2.24) is 9.80 Å². The first-order valence-corrected chi connectivity index (χ1v) is 5.44. The third-order valence-corrected chi connectivity index (χ3v) is 2.14. The minimum absolute atomic E-state index is 0. The van der Waals surface area contributed by atoms with E-state index < -0.39 is 50.1 Å². The molecule has 118 valence electrons. The van der Waals surface area contributed by atoms with Gasteiger partial charge in [0.25, 0.3) is 0 Å². The molecule has 0 spiro atoms. The Morgan fingerprint density at radius 2 is 0.773 bits per heavy atom. The second-order valence-corrected chi connectivity index (χ2v) is 3.91. The Balaban J connectivity index is -0.00000180. The molecule has 0 bridgehead atoms. The van der Waals surface area contributed by atoms with Gasteiger partial charge in [-0.15, -0.1) is 0 Å². The zero-order valence-corrected chi connectivity index (χ0v) is 16.2. The average molecular weight is 463 g/mol. The van der Waals surface area contributed by atoms with Crippen molar-refractivity contribution in [2.45, 2.75) is 0 Å². The van der Waals surface area contributed by atoms with E-state index in [-0.39, 0.29) is 92.0 Å². The van der Waals surface area contributed by atoms with E-state index >= 15 is 0 Å². The van der Waals surface area contributed by atoms with Crippen molar-refractivity contribution >= 4 is 23.9 Å². The number of hydrogen-bond donors (Lipinski definition) is 0. The monoisotopic (exact) mass is 464 g/mol. The van der Waals surface area contributed by atoms with Gasteiger partial charge in [0.15, 0.2) is 0 Å². The van der Waals surface area contributed by atoms with Crippen LogP contribution in [0.5, 0.6) is 0 Å². The fourth-order valence-corrected chi connectivity index (χ4v) is 1.44. The van der Waals surface area contributed by atoms with Crippen LogP contribution in [0.25, 0.3) is 0 Å². The van der Waals surface area contributed by atoms with Crippen LogP contribution in [0.2, 0.25) is 0 Å². The van der Waals surface area contributed by atoms with Gasteiger partial charge in [0.2, 0.25) is 0 Å². The molecule has 0 aromatic heterocycles. The molecule has 0 aromatic rings. The van der Waals surface area contributed by atoms with Crippen LogP contribution in [-0.4, -0.2) is 72.9 Å². The second-order valence-electron chi connectivity index (χ2n) is 3.91. The molecule has 0 aliphatic heterocycles. The van der Waals surface area contributed by atoms with E-state index in [2.05, 4.69) is 0 Å². The molecule has 0 atom stereocenters. The van der Waals surface area contributed by atoms with E-state index in [0.717, 1.165) is 9.80 Å². The summed E-state index contributed by atoms with van der Waals surface area (Å²) in [6, 6.07) is 0. The zero-order valence-electron chi connectivity index (χ0n) is 11.8. The van der Waals surface area contributed by atoms with Gasteiger partial charge in [-0.2, -0.15) is 0 Å². The number of carbonyl (C=O) groups is 4. The van der Waals surface area contributed by atoms with Gasteiger partial charge in [0.05, 0.1) is 23.9 Å². The van der Waals surface area contributed by atoms with Gasteiger partial charge in [-0.25, -0.2) is 0 Å². The van der Waals surface area contributed by atoms with Crippen LogP contribution in [0.15, 0.2) is 0 Å². The van der Waals surface area contributed by atoms with Crippen molar-refractivity contribution in [1.29, 1.82) is 0 Å². The quantitative estimate of drug-likeness (QED) is 0.269. The SMILES string of the molecule is O=C([O-])CN(CCN(CC(=O)[O-])CC(=O)[O-])CC(=O)[O-].[Eu+3].[Na+]. The van der Waals surface area contributed by atoms with Crippen molar-refractivity contribution in [3.63, 3.8) is 0 Å². The molecule has 0 aromatic carbocycles. The molecule has 0 N–H and O–H groups in total. The average Bonchev–Trinajstić information content (AvgIpc) is 2.22. The molecule has 0 amide bonds. The molecule has 0 aliphatic rings. The Hall–Kier alpha value is 0.384. The maximum Gasteiger partial charge on any atom is 3.00 e. The zero-order chi connectivity index (χ0) is 15.7. The fourth-order valence-electron chi connectivity index (χ4n) is 1.44. The van der Waals surface area contributed by atoms with Crippen LogP contribution in [0.3, 0.4) is 0 Å². The number of nitrogens with zero attached hydrogens (tertiary/aromatic N) is 2. The van der Waals surface area contributed by atoms with Gasteiger partial charge in [-0.1, -0.05) is 0 Å². The third kappa shape index (κ3) is 16.7. The summed E-state index contributed by atoms with van der Waals surface area (Å²) in [7, 11) is 0. The van der Waals surface area contributed by atoms with Crippen molar-refractivity contribution in [3.05, 3.63) is 0 Å². The molecule has 0 heterocycles. The van der Waals surface area contributed by atoms with Crippen LogP contribution < -0.4 is 50.0 Å². The Bertz CT molecular complexity index is 327. The first-order chi connectivity index (χ1) is 9.20. The summed E-state index contributed by atoms with van der Waals surface area (Å²) in [5.74, 6) is -6.12. The predicted molar refractivity (Wildman–Crippen MR) is 52.9 cm³/mol. The molecule has 10 nitrogen and oxygen atoms in total. The van der Waals surface area contributed by atoms with Crippen molar-refractivity contribution in [2.75, 3.05) is 39.3 Å². The van der Waals surface area contributed by atoms with Gasteiger partial charge in [0.1, 0.15) is 0 Å². The predicted octanol–water partition coefficient (Wildman–Crippen LogP) is -10.4.